The van der Waals surface area contributed by atoms with Crippen molar-refractivity contribution >= 4 is 27.7 Å². The van der Waals surface area contributed by atoms with Gasteiger partial charge in [0.05, 0.1) is 17.7 Å². The Morgan fingerprint density at radius 3 is 2.38 bits per heavy atom. The number of imide groups is 1. The van der Waals surface area contributed by atoms with Crippen LogP contribution in [0.15, 0.2) is 58.8 Å². The van der Waals surface area contributed by atoms with E-state index in [0.717, 1.165) is 10.9 Å². The van der Waals surface area contributed by atoms with Gasteiger partial charge in [0.1, 0.15) is 12.4 Å². The lowest BCUT2D eigenvalue weighted by Crippen LogP contribution is -2.32. The van der Waals surface area contributed by atoms with E-state index in [-0.39, 0.29) is 25.0 Å². The van der Waals surface area contributed by atoms with Crippen molar-refractivity contribution in [3.63, 3.8) is 0 Å². The molecule has 1 aromatic rings. The average molecular weight is 390 g/mol. The maximum absolute atomic E-state index is 12.3. The summed E-state index contributed by atoms with van der Waals surface area (Å²) in [5.74, 6) is 0.149. The molecule has 0 aromatic heterocycles. The van der Waals surface area contributed by atoms with E-state index in [0.29, 0.717) is 16.9 Å². The number of benzene rings is 1. The zero-order valence-corrected chi connectivity index (χ0v) is 15.4. The normalized spacial score (nSPS) is 15.4. The fourth-order valence-corrected chi connectivity index (χ4v) is 2.94. The number of fused-ring (bicyclic) bond motifs is 1. The predicted molar refractivity (Wildman–Crippen MR) is 98.0 cm³/mol. The van der Waals surface area contributed by atoms with Gasteiger partial charge in [0, 0.05) is 4.48 Å². The molecule has 1 aliphatic rings. The van der Waals surface area contributed by atoms with Crippen LogP contribution >= 0.6 is 15.9 Å². The zero-order valence-electron chi connectivity index (χ0n) is 13.8. The van der Waals surface area contributed by atoms with Crippen LogP contribution in [-0.4, -0.2) is 29.9 Å². The van der Waals surface area contributed by atoms with Gasteiger partial charge in [-0.25, -0.2) is 0 Å². The highest BCUT2D eigenvalue weighted by Gasteiger charge is 2.34. The summed E-state index contributed by atoms with van der Waals surface area (Å²) in [4.78, 5) is 25.8. The van der Waals surface area contributed by atoms with Crippen molar-refractivity contribution in [3.05, 3.63) is 69.9 Å². The minimum Gasteiger partial charge on any atom is -0.492 e. The number of ether oxygens (including phenoxy) is 1. The Kier molecular flexibility index (Phi) is 6.55. The second-order valence-corrected chi connectivity index (χ2v) is 6.12. The SMILES string of the molecule is CC=CC(=CC(Br)=CCC)OCCN1C(=O)c2ccccc2C1=O. The van der Waals surface area contributed by atoms with E-state index in [1.165, 1.54) is 4.90 Å². The van der Waals surface area contributed by atoms with E-state index in [1.54, 1.807) is 24.3 Å². The summed E-state index contributed by atoms with van der Waals surface area (Å²) in [6.45, 7) is 4.41. The summed E-state index contributed by atoms with van der Waals surface area (Å²) in [5, 5.41) is 0. The molecule has 2 amide bonds. The lowest BCUT2D eigenvalue weighted by Gasteiger charge is -2.14. The predicted octanol–water partition coefficient (Wildman–Crippen LogP) is 4.45. The maximum atomic E-state index is 12.3. The van der Waals surface area contributed by atoms with Crippen LogP contribution in [0.3, 0.4) is 0 Å². The summed E-state index contributed by atoms with van der Waals surface area (Å²) < 4.78 is 6.64. The standard InChI is InChI=1S/C19H20BrNO3/c1-3-7-14(20)13-15(8-4-2)24-12-11-21-18(22)16-9-5-6-10-17(16)19(21)23/h4-10,13H,3,11-12H2,1-2H3. The molecule has 24 heavy (non-hydrogen) atoms. The first-order chi connectivity index (χ1) is 11.6. The summed E-state index contributed by atoms with van der Waals surface area (Å²) in [5.41, 5.74) is 0.917. The molecule has 0 bridgehead atoms. The van der Waals surface area contributed by atoms with Crippen molar-refractivity contribution in [2.24, 2.45) is 0 Å². The van der Waals surface area contributed by atoms with E-state index < -0.39 is 0 Å². The molecule has 0 unspecified atom stereocenters. The molecule has 4 nitrogen and oxygen atoms in total. The number of nitrogens with zero attached hydrogens (tertiary/aromatic N) is 1. The van der Waals surface area contributed by atoms with Crippen LogP contribution in [0.25, 0.3) is 0 Å². The highest BCUT2D eigenvalue weighted by molar-refractivity contribution is 9.11. The topological polar surface area (TPSA) is 46.6 Å². The lowest BCUT2D eigenvalue weighted by molar-refractivity contribution is 0.0612. The molecule has 0 saturated carbocycles. The number of carbonyl (C=O) groups is 2. The van der Waals surface area contributed by atoms with Gasteiger partial charge in [0.15, 0.2) is 0 Å². The van der Waals surface area contributed by atoms with E-state index in [2.05, 4.69) is 15.9 Å². The Hall–Kier alpha value is -2.14. The Morgan fingerprint density at radius 1 is 1.21 bits per heavy atom. The quantitative estimate of drug-likeness (QED) is 0.393. The van der Waals surface area contributed by atoms with Gasteiger partial charge in [-0.1, -0.05) is 47.1 Å². The molecule has 0 radical (unpaired) electrons. The first-order valence-electron chi connectivity index (χ1n) is 7.86. The Bertz CT molecular complexity index is 684. The maximum Gasteiger partial charge on any atom is 0.261 e. The molecule has 0 N–H and O–H groups in total. The highest BCUT2D eigenvalue weighted by atomic mass is 79.9. The first kappa shape index (κ1) is 18.2. The van der Waals surface area contributed by atoms with Crippen molar-refractivity contribution in [2.45, 2.75) is 20.3 Å². The second kappa shape index (κ2) is 8.64. The number of hydrogen-bond acceptors (Lipinski definition) is 3. The molecule has 0 saturated heterocycles. The molecule has 2 rings (SSSR count). The monoisotopic (exact) mass is 389 g/mol. The van der Waals surface area contributed by atoms with E-state index >= 15 is 0 Å². The van der Waals surface area contributed by atoms with Crippen molar-refractivity contribution in [3.8, 4) is 0 Å². The van der Waals surface area contributed by atoms with Gasteiger partial charge < -0.3 is 4.74 Å². The molecule has 1 heterocycles. The van der Waals surface area contributed by atoms with Crippen LogP contribution in [0.5, 0.6) is 0 Å². The third-order valence-corrected chi connectivity index (χ3v) is 4.02. The van der Waals surface area contributed by atoms with E-state index in [9.17, 15) is 9.59 Å². The minimum atomic E-state index is -0.261. The molecule has 1 aliphatic heterocycles. The zero-order chi connectivity index (χ0) is 17.5. The molecular weight excluding hydrogens is 370 g/mol. The number of rotatable bonds is 7. The average Bonchev–Trinajstić information content (AvgIpc) is 2.80. The molecule has 5 heteroatoms. The summed E-state index contributed by atoms with van der Waals surface area (Å²) in [6.07, 6.45) is 8.52. The smallest absolute Gasteiger partial charge is 0.261 e. The highest BCUT2D eigenvalue weighted by Crippen LogP contribution is 2.22. The van der Waals surface area contributed by atoms with Gasteiger partial charge in [-0.2, -0.15) is 0 Å². The molecule has 126 valence electrons. The van der Waals surface area contributed by atoms with Gasteiger partial charge in [0.25, 0.3) is 11.8 Å². The Labute approximate surface area is 150 Å². The van der Waals surface area contributed by atoms with Crippen molar-refractivity contribution in [2.75, 3.05) is 13.2 Å². The van der Waals surface area contributed by atoms with Crippen LogP contribution in [0, 0.1) is 0 Å². The van der Waals surface area contributed by atoms with Crippen molar-refractivity contribution in [1.82, 2.24) is 4.90 Å². The third-order valence-electron chi connectivity index (χ3n) is 3.47. The Morgan fingerprint density at radius 2 is 1.83 bits per heavy atom. The largest absolute Gasteiger partial charge is 0.492 e. The molecule has 0 spiro atoms. The second-order valence-electron chi connectivity index (χ2n) is 5.20. The van der Waals surface area contributed by atoms with Crippen LogP contribution in [0.1, 0.15) is 41.0 Å². The van der Waals surface area contributed by atoms with Gasteiger partial charge in [-0.05, 0) is 37.6 Å². The fraction of sp³-hybridized carbons (Fsp3) is 0.263. The number of carbonyl (C=O) groups excluding carboxylic acids is 2. The van der Waals surface area contributed by atoms with Gasteiger partial charge in [-0.15, -0.1) is 0 Å². The van der Waals surface area contributed by atoms with Crippen LogP contribution in [0.4, 0.5) is 0 Å². The van der Waals surface area contributed by atoms with Crippen molar-refractivity contribution < 1.29 is 14.3 Å². The minimum absolute atomic E-state index is 0.219. The van der Waals surface area contributed by atoms with Gasteiger partial charge in [0.2, 0.25) is 0 Å². The van der Waals surface area contributed by atoms with Crippen LogP contribution in [-0.2, 0) is 4.74 Å². The lowest BCUT2D eigenvalue weighted by atomic mass is 10.1. The number of amides is 2. The van der Waals surface area contributed by atoms with Crippen LogP contribution in [0.2, 0.25) is 0 Å². The van der Waals surface area contributed by atoms with Crippen molar-refractivity contribution in [1.29, 1.82) is 0 Å². The summed E-state index contributed by atoms with van der Waals surface area (Å²) >= 11 is 3.46. The first-order valence-corrected chi connectivity index (χ1v) is 8.65. The summed E-state index contributed by atoms with van der Waals surface area (Å²) in [7, 11) is 0. The Balaban J connectivity index is 2.00. The molecule has 0 fully saturated rings. The van der Waals surface area contributed by atoms with E-state index in [4.69, 9.17) is 4.74 Å². The number of allylic oxidation sites excluding steroid dienone is 5. The van der Waals surface area contributed by atoms with Crippen LogP contribution < -0.4 is 0 Å². The van der Waals surface area contributed by atoms with Gasteiger partial charge >= 0.3 is 0 Å². The van der Waals surface area contributed by atoms with E-state index in [1.807, 2.05) is 38.2 Å². The number of hydrogen-bond donors (Lipinski definition) is 0. The van der Waals surface area contributed by atoms with Gasteiger partial charge in [-0.3, -0.25) is 14.5 Å². The molecular formula is C19H20BrNO3. The molecule has 0 atom stereocenters. The fourth-order valence-electron chi connectivity index (χ4n) is 2.39. The molecule has 1 aromatic carbocycles. The third kappa shape index (κ3) is 4.23. The molecule has 0 aliphatic carbocycles. The number of halogens is 1. The summed E-state index contributed by atoms with van der Waals surface area (Å²) in [6, 6.07) is 6.87.